The molecule has 0 aliphatic rings. The van der Waals surface area contributed by atoms with E-state index >= 15 is 0 Å². The lowest BCUT2D eigenvalue weighted by molar-refractivity contribution is 0.747. The smallest absolute Gasteiger partial charge is 0.0107 e. The molecule has 0 radical (unpaired) electrons. The second-order valence-corrected chi connectivity index (χ2v) is 3.64. The third-order valence-corrected chi connectivity index (χ3v) is 1.80. The molecule has 0 aromatic rings. The molecule has 4 N–H and O–H groups in total. The quantitative estimate of drug-likeness (QED) is 0.633. The standard InChI is InChI=1S/C10H20N2/c1-7(2)9(11)5-6-10(12)8(3)4/h5-8H,11-12H2,1-4H3/b9-5-,10-6-. The highest BCUT2D eigenvalue weighted by Gasteiger charge is 1.97. The minimum atomic E-state index is 0.390. The monoisotopic (exact) mass is 168 g/mol. The van der Waals surface area contributed by atoms with Crippen molar-refractivity contribution in [3.05, 3.63) is 23.5 Å². The van der Waals surface area contributed by atoms with Gasteiger partial charge in [0.15, 0.2) is 0 Å². The third kappa shape index (κ3) is 4.06. The van der Waals surface area contributed by atoms with Crippen LogP contribution in [0, 0.1) is 11.8 Å². The molecule has 0 fully saturated rings. The van der Waals surface area contributed by atoms with E-state index in [0.29, 0.717) is 11.8 Å². The van der Waals surface area contributed by atoms with E-state index in [4.69, 9.17) is 11.5 Å². The molecule has 0 spiro atoms. The van der Waals surface area contributed by atoms with Gasteiger partial charge < -0.3 is 11.5 Å². The molecule has 0 atom stereocenters. The first kappa shape index (κ1) is 11.1. The molecule has 0 saturated carbocycles. The van der Waals surface area contributed by atoms with Gasteiger partial charge in [-0.3, -0.25) is 0 Å². The maximum absolute atomic E-state index is 5.73. The highest BCUT2D eigenvalue weighted by atomic mass is 14.6. The molecule has 0 unspecified atom stereocenters. The van der Waals surface area contributed by atoms with Gasteiger partial charge in [-0.05, 0) is 24.0 Å². The number of rotatable bonds is 3. The summed E-state index contributed by atoms with van der Waals surface area (Å²) in [4.78, 5) is 0. The molecule has 12 heavy (non-hydrogen) atoms. The molecule has 2 heteroatoms. The van der Waals surface area contributed by atoms with E-state index in [2.05, 4.69) is 27.7 Å². The minimum Gasteiger partial charge on any atom is -0.402 e. The second kappa shape index (κ2) is 4.86. The summed E-state index contributed by atoms with van der Waals surface area (Å²) in [6, 6.07) is 0. The zero-order chi connectivity index (χ0) is 9.72. The summed E-state index contributed by atoms with van der Waals surface area (Å²) < 4.78 is 0. The molecule has 0 aromatic carbocycles. The van der Waals surface area contributed by atoms with Crippen LogP contribution in [0.2, 0.25) is 0 Å². The van der Waals surface area contributed by atoms with Crippen molar-refractivity contribution in [2.24, 2.45) is 23.3 Å². The minimum absolute atomic E-state index is 0.390. The summed E-state index contributed by atoms with van der Waals surface area (Å²) >= 11 is 0. The van der Waals surface area contributed by atoms with Gasteiger partial charge in [0.25, 0.3) is 0 Å². The number of hydrogen-bond acceptors (Lipinski definition) is 2. The van der Waals surface area contributed by atoms with E-state index in [-0.39, 0.29) is 0 Å². The Morgan fingerprint density at radius 1 is 0.833 bits per heavy atom. The Bertz CT molecular complexity index is 166. The lowest BCUT2D eigenvalue weighted by atomic mass is 10.1. The SMILES string of the molecule is CC(C)/C(N)=C/C=C(\N)C(C)C. The Morgan fingerprint density at radius 3 is 1.25 bits per heavy atom. The average Bonchev–Trinajstić information content (AvgIpc) is 1.98. The van der Waals surface area contributed by atoms with Gasteiger partial charge in [-0.25, -0.2) is 0 Å². The molecular weight excluding hydrogens is 148 g/mol. The zero-order valence-electron chi connectivity index (χ0n) is 8.46. The maximum Gasteiger partial charge on any atom is 0.0107 e. The molecule has 0 aliphatic heterocycles. The molecule has 0 amide bonds. The predicted molar refractivity (Wildman–Crippen MR) is 54.2 cm³/mol. The van der Waals surface area contributed by atoms with Crippen molar-refractivity contribution >= 4 is 0 Å². The van der Waals surface area contributed by atoms with Crippen molar-refractivity contribution in [2.45, 2.75) is 27.7 Å². The fraction of sp³-hybridized carbons (Fsp3) is 0.600. The van der Waals surface area contributed by atoms with Crippen LogP contribution in [-0.2, 0) is 0 Å². The number of nitrogens with two attached hydrogens (primary N) is 2. The Morgan fingerprint density at radius 2 is 1.08 bits per heavy atom. The van der Waals surface area contributed by atoms with Crippen LogP contribution in [0.25, 0.3) is 0 Å². The number of hydrogen-bond donors (Lipinski definition) is 2. The van der Waals surface area contributed by atoms with E-state index in [1.54, 1.807) is 0 Å². The lowest BCUT2D eigenvalue weighted by Gasteiger charge is -2.05. The average molecular weight is 168 g/mol. The first-order valence-corrected chi connectivity index (χ1v) is 4.37. The molecule has 0 saturated heterocycles. The first-order valence-electron chi connectivity index (χ1n) is 4.37. The van der Waals surface area contributed by atoms with Crippen LogP contribution in [-0.4, -0.2) is 0 Å². The van der Waals surface area contributed by atoms with Gasteiger partial charge in [0.1, 0.15) is 0 Å². The summed E-state index contributed by atoms with van der Waals surface area (Å²) in [5, 5.41) is 0. The Labute approximate surface area is 75.3 Å². The molecule has 0 heterocycles. The topological polar surface area (TPSA) is 52.0 Å². The molecule has 0 rings (SSSR count). The van der Waals surface area contributed by atoms with E-state index in [9.17, 15) is 0 Å². The van der Waals surface area contributed by atoms with Crippen molar-refractivity contribution < 1.29 is 0 Å². The van der Waals surface area contributed by atoms with Crippen LogP contribution in [0.5, 0.6) is 0 Å². The highest BCUT2D eigenvalue weighted by Crippen LogP contribution is 2.05. The van der Waals surface area contributed by atoms with Crippen molar-refractivity contribution in [3.63, 3.8) is 0 Å². The molecule has 0 aliphatic carbocycles. The van der Waals surface area contributed by atoms with Crippen LogP contribution in [0.15, 0.2) is 23.5 Å². The summed E-state index contributed by atoms with van der Waals surface area (Å²) in [6.45, 7) is 8.24. The summed E-state index contributed by atoms with van der Waals surface area (Å²) in [5.41, 5.74) is 13.2. The largest absolute Gasteiger partial charge is 0.402 e. The van der Waals surface area contributed by atoms with Crippen LogP contribution in [0.4, 0.5) is 0 Å². The van der Waals surface area contributed by atoms with Crippen LogP contribution < -0.4 is 11.5 Å². The summed E-state index contributed by atoms with van der Waals surface area (Å²) in [6.07, 6.45) is 3.78. The van der Waals surface area contributed by atoms with Crippen molar-refractivity contribution in [3.8, 4) is 0 Å². The van der Waals surface area contributed by atoms with Crippen LogP contribution in [0.3, 0.4) is 0 Å². The molecule has 2 nitrogen and oxygen atoms in total. The van der Waals surface area contributed by atoms with Gasteiger partial charge in [0.2, 0.25) is 0 Å². The Kier molecular flexibility index (Phi) is 4.49. The Hall–Kier alpha value is -0.920. The van der Waals surface area contributed by atoms with E-state index in [1.165, 1.54) is 0 Å². The predicted octanol–water partition coefficient (Wildman–Crippen LogP) is 1.98. The third-order valence-electron chi connectivity index (χ3n) is 1.80. The van der Waals surface area contributed by atoms with Gasteiger partial charge in [-0.15, -0.1) is 0 Å². The molecular formula is C10H20N2. The van der Waals surface area contributed by atoms with Gasteiger partial charge in [0, 0.05) is 11.4 Å². The molecule has 0 bridgehead atoms. The molecule has 70 valence electrons. The Balaban J connectivity index is 4.27. The van der Waals surface area contributed by atoms with E-state index in [1.807, 2.05) is 12.2 Å². The van der Waals surface area contributed by atoms with Crippen LogP contribution in [0.1, 0.15) is 27.7 Å². The summed E-state index contributed by atoms with van der Waals surface area (Å²) in [7, 11) is 0. The highest BCUT2D eigenvalue weighted by molar-refractivity contribution is 5.16. The fourth-order valence-corrected chi connectivity index (χ4v) is 0.577. The van der Waals surface area contributed by atoms with E-state index < -0.39 is 0 Å². The zero-order valence-corrected chi connectivity index (χ0v) is 8.46. The normalized spacial score (nSPS) is 14.5. The van der Waals surface area contributed by atoms with Crippen molar-refractivity contribution in [1.82, 2.24) is 0 Å². The van der Waals surface area contributed by atoms with Gasteiger partial charge in [-0.1, -0.05) is 27.7 Å². The lowest BCUT2D eigenvalue weighted by Crippen LogP contribution is -2.07. The van der Waals surface area contributed by atoms with Crippen molar-refractivity contribution in [2.75, 3.05) is 0 Å². The van der Waals surface area contributed by atoms with Crippen molar-refractivity contribution in [1.29, 1.82) is 0 Å². The van der Waals surface area contributed by atoms with Gasteiger partial charge in [0.05, 0.1) is 0 Å². The summed E-state index contributed by atoms with van der Waals surface area (Å²) in [5.74, 6) is 0.780. The second-order valence-electron chi connectivity index (χ2n) is 3.64. The van der Waals surface area contributed by atoms with Gasteiger partial charge in [-0.2, -0.15) is 0 Å². The number of allylic oxidation sites excluding steroid dienone is 4. The first-order chi connectivity index (χ1) is 5.45. The fourth-order valence-electron chi connectivity index (χ4n) is 0.577. The maximum atomic E-state index is 5.73. The van der Waals surface area contributed by atoms with E-state index in [0.717, 1.165) is 11.4 Å². The van der Waals surface area contributed by atoms with Gasteiger partial charge >= 0.3 is 0 Å². The van der Waals surface area contributed by atoms with Crippen LogP contribution >= 0.6 is 0 Å². The molecule has 0 aromatic heterocycles.